The summed E-state index contributed by atoms with van der Waals surface area (Å²) in [6, 6.07) is 33.2. The van der Waals surface area contributed by atoms with E-state index in [0.717, 1.165) is 31.6 Å². The van der Waals surface area contributed by atoms with Gasteiger partial charge in [-0.2, -0.15) is 30.8 Å². The first kappa shape index (κ1) is 81.9. The van der Waals surface area contributed by atoms with Crippen LogP contribution in [0.3, 0.4) is 0 Å². The Morgan fingerprint density at radius 1 is 0.645 bits per heavy atom. The number of aromatic amines is 1. The van der Waals surface area contributed by atoms with Crippen molar-refractivity contribution in [3.8, 4) is 39.9 Å². The van der Waals surface area contributed by atoms with Crippen LogP contribution in [-0.4, -0.2) is 103 Å². The second-order valence-corrected chi connectivity index (χ2v) is 22.6. The first-order chi connectivity index (χ1) is 44.3. The zero-order valence-electron chi connectivity index (χ0n) is 51.1. The number of aliphatic hydroxyl groups excluding tert-OH is 2. The zero-order chi connectivity index (χ0) is 68.0. The molecular formula is C62H69BrCl3F5N17NaO3S. The molecular weight excluding hydrogens is 1370 g/mol. The maximum Gasteiger partial charge on any atom is 1.00 e. The van der Waals surface area contributed by atoms with E-state index in [-0.39, 0.29) is 90.4 Å². The van der Waals surface area contributed by atoms with Crippen molar-refractivity contribution in [2.75, 3.05) is 32.9 Å². The number of likely N-dealkylation sites (N-methyl/N-ethyl adjacent to an activating group) is 2. The van der Waals surface area contributed by atoms with Crippen molar-refractivity contribution in [1.29, 1.82) is 10.5 Å². The van der Waals surface area contributed by atoms with Gasteiger partial charge in [0.2, 0.25) is 9.23 Å². The predicted molar refractivity (Wildman–Crippen MR) is 353 cm³/mol. The van der Waals surface area contributed by atoms with Gasteiger partial charge in [0.1, 0.15) is 29.1 Å². The minimum atomic E-state index is -1.67. The van der Waals surface area contributed by atoms with Crippen LogP contribution in [0.4, 0.5) is 27.8 Å². The molecule has 1 aliphatic rings. The van der Waals surface area contributed by atoms with Crippen LogP contribution in [0.1, 0.15) is 53.6 Å². The molecule has 5 aromatic carbocycles. The number of rotatable bonds is 12. The van der Waals surface area contributed by atoms with Crippen LogP contribution in [0, 0.1) is 59.2 Å². The molecule has 5 heterocycles. The fourth-order valence-corrected chi connectivity index (χ4v) is 8.46. The van der Waals surface area contributed by atoms with E-state index in [1.54, 1.807) is 160 Å². The number of halogens is 9. The Morgan fingerprint density at radius 3 is 1.29 bits per heavy atom. The average molecular weight is 1440 g/mol. The number of benzene rings is 5. The number of nitrogens with two attached hydrogens (primary N) is 3. The fourth-order valence-electron chi connectivity index (χ4n) is 7.91. The van der Waals surface area contributed by atoms with Gasteiger partial charge in [-0.1, -0.05) is 53.0 Å². The molecule has 2 atom stereocenters. The maximum absolute atomic E-state index is 14.2. The van der Waals surface area contributed by atoms with Gasteiger partial charge >= 0.3 is 29.6 Å². The van der Waals surface area contributed by atoms with Crippen molar-refractivity contribution < 1.29 is 65.9 Å². The summed E-state index contributed by atoms with van der Waals surface area (Å²) in [4.78, 5) is 0. The summed E-state index contributed by atoms with van der Waals surface area (Å²) < 4.78 is 83.0. The smallest absolute Gasteiger partial charge is 0.512 e. The van der Waals surface area contributed by atoms with E-state index in [9.17, 15) is 22.0 Å². The molecule has 0 aliphatic heterocycles. The maximum atomic E-state index is 14.2. The number of H-pyrrole nitrogens is 1. The van der Waals surface area contributed by atoms with E-state index in [0.29, 0.717) is 66.4 Å². The van der Waals surface area contributed by atoms with Gasteiger partial charge in [-0.25, -0.2) is 44.9 Å². The first-order valence-electron chi connectivity index (χ1n) is 27.6. The average Bonchev–Trinajstić information content (AvgIpc) is 1.79. The minimum Gasteiger partial charge on any atom is -0.512 e. The topological polar surface area (TPSA) is 307 Å². The van der Waals surface area contributed by atoms with Gasteiger partial charge in [0, 0.05) is 146 Å². The molecule has 0 unspecified atom stereocenters. The Kier molecular flexibility index (Phi) is 40.5. The SMILES string of the molecule is CNCCNC.Cc1[nH]nc(N)c1-c1ccc(-n2cccn2)cc1F.Fc1cc(-n2cccn2)ccc1CCl.N#CCc1ccc(-n2cccn2)cc1F.N[C@@H]1CCCC[C@H]1N.O=S(Cl)Cl.OCc1ccc(-n2cccn2)cc1F.OCc1ccc(Br)cc1F.[C-]#N.[Na+]. The minimum absolute atomic E-state index is 0. The van der Waals surface area contributed by atoms with Gasteiger partial charge in [0.15, 0.2) is 5.82 Å². The second-order valence-electron chi connectivity index (χ2n) is 18.9. The van der Waals surface area contributed by atoms with Crippen molar-refractivity contribution in [3.05, 3.63) is 233 Å². The van der Waals surface area contributed by atoms with Crippen LogP contribution in [0.5, 0.6) is 0 Å². The second kappa shape index (κ2) is 46.0. The summed E-state index contributed by atoms with van der Waals surface area (Å²) in [5, 5.41) is 60.7. The van der Waals surface area contributed by atoms with E-state index in [2.05, 4.69) is 78.5 Å². The van der Waals surface area contributed by atoms with E-state index >= 15 is 0 Å². The van der Waals surface area contributed by atoms with Crippen molar-refractivity contribution >= 4 is 63.9 Å². The molecule has 1 fully saturated rings. The quantitative estimate of drug-likeness (QED) is 0.0142. The third-order valence-corrected chi connectivity index (χ3v) is 13.4. The van der Waals surface area contributed by atoms with Gasteiger partial charge in [-0.3, -0.25) is 5.10 Å². The number of aromatic nitrogens is 10. The number of nitrogen functional groups attached to an aromatic ring is 1. The van der Waals surface area contributed by atoms with Gasteiger partial charge < -0.3 is 49.9 Å². The van der Waals surface area contributed by atoms with Crippen molar-refractivity contribution in [2.45, 2.75) is 70.2 Å². The molecule has 1 saturated carbocycles. The summed E-state index contributed by atoms with van der Waals surface area (Å²) in [6.07, 6.45) is 18.4. The molecule has 1 aliphatic carbocycles. The molecule has 20 nitrogen and oxygen atoms in total. The first-order valence-corrected chi connectivity index (χ1v) is 31.7. The monoisotopic (exact) mass is 1430 g/mol. The number of alkyl halides is 1. The summed E-state index contributed by atoms with van der Waals surface area (Å²) in [5.41, 5.74) is 23.0. The number of anilines is 1. The summed E-state index contributed by atoms with van der Waals surface area (Å²) in [7, 11) is 11.2. The van der Waals surface area contributed by atoms with Gasteiger partial charge in [-0.15, -0.1) is 11.6 Å². The molecule has 0 spiro atoms. The fraction of sp³-hybridized carbons (Fsp3) is 0.242. The van der Waals surface area contributed by atoms with Crippen molar-refractivity contribution in [3.63, 3.8) is 0 Å². The van der Waals surface area contributed by atoms with Crippen molar-refractivity contribution in [2.24, 2.45) is 11.5 Å². The van der Waals surface area contributed by atoms with E-state index in [1.165, 1.54) is 43.2 Å². The van der Waals surface area contributed by atoms with Crippen LogP contribution >= 0.6 is 48.9 Å². The molecule has 0 radical (unpaired) electrons. The number of nitriles is 1. The van der Waals surface area contributed by atoms with Crippen LogP contribution in [0.2, 0.25) is 0 Å². The van der Waals surface area contributed by atoms with Gasteiger partial charge in [-0.05, 0) is 119 Å². The Morgan fingerprint density at radius 2 is 1.00 bits per heavy atom. The number of hydrogen-bond acceptors (Lipinski definition) is 15. The summed E-state index contributed by atoms with van der Waals surface area (Å²) in [5.74, 6) is -1.34. The molecule has 0 saturated heterocycles. The van der Waals surface area contributed by atoms with Gasteiger partial charge in [0.05, 0.1) is 54.3 Å². The van der Waals surface area contributed by atoms with E-state index in [4.69, 9.17) is 60.3 Å². The Bertz CT molecular complexity index is 3660. The van der Waals surface area contributed by atoms with Crippen LogP contribution in [0.25, 0.3) is 33.9 Å². The van der Waals surface area contributed by atoms with Gasteiger partial charge in [0.25, 0.3) is 0 Å². The summed E-state index contributed by atoms with van der Waals surface area (Å²) in [6.45, 7) is 8.12. The zero-order valence-corrected chi connectivity index (χ0v) is 57.7. The third kappa shape index (κ3) is 28.9. The van der Waals surface area contributed by atoms with Crippen LogP contribution < -0.4 is 57.4 Å². The number of aryl methyl sites for hydroxylation is 1. The largest absolute Gasteiger partial charge is 1.00 e. The van der Waals surface area contributed by atoms with Crippen molar-refractivity contribution in [1.82, 2.24) is 60.0 Å². The molecule has 93 heavy (non-hydrogen) atoms. The normalized spacial score (nSPS) is 12.4. The van der Waals surface area contributed by atoms with Crippen LogP contribution in [0.15, 0.2) is 169 Å². The summed E-state index contributed by atoms with van der Waals surface area (Å²) >= 11 is 8.65. The number of aliphatic hydroxyl groups is 2. The van der Waals surface area contributed by atoms with E-state index in [1.807, 2.05) is 20.2 Å². The van der Waals surface area contributed by atoms with E-state index < -0.39 is 15.0 Å². The standard InChI is InChI=1S/C13H12FN5.C11H8FN3.C10H8ClFN2.C10H9FN2O.C7H6BrFO.C6H14N2.C4H12N2.CN.Cl2OS.Na/c1-8-12(13(15)18-17-8)10-4-3-9(7-11(10)14)19-6-2-5-16-19;12-11-8-10(15-7-1-6-14-15)3-2-9(11)4-5-13;11-7-8-2-3-9(6-10(8)12)14-5-1-4-13-14;11-10-6-9(3-2-8(10)7-14)13-5-1-4-12-13;8-6-2-1-5(4-10)7(9)3-6;7-5-3-1-2-4-6(5)8;1-5-3-4-6-2;1-2;1-4(2)3;/h2-7H,1H3,(H3,15,17,18);1-3,6-8H,4H2;1-6H,7H2;1-6,14H,7H2;1-3,10H,4H2;5-6H,1-4,7-8H2;5-6H,3-4H2,1-2H3;;;/q;;;;;;;-1;;+1/t;;;;;5-,6-;;;;/m.....1..../s1. The molecule has 490 valence electrons. The molecule has 0 bridgehead atoms. The predicted octanol–water partition coefficient (Wildman–Crippen LogP) is 8.49. The molecule has 31 heteroatoms. The molecule has 11 N–H and O–H groups in total. The molecule has 0 amide bonds. The number of nitrogens with one attached hydrogen (secondary N) is 3. The number of hydrogen-bond donors (Lipinski definition) is 8. The Hall–Kier alpha value is -7.16. The third-order valence-electron chi connectivity index (χ3n) is 12.7. The Labute approximate surface area is 583 Å². The molecule has 5 aromatic heterocycles. The number of nitrogens with zero attached hydrogens (tertiary/aromatic N) is 11. The molecule has 11 rings (SSSR count). The Balaban J connectivity index is 0.000000371. The van der Waals surface area contributed by atoms with Crippen LogP contribution in [-0.2, 0) is 34.7 Å². The molecule has 10 aromatic rings.